The second-order valence-corrected chi connectivity index (χ2v) is 3.82. The summed E-state index contributed by atoms with van der Waals surface area (Å²) in [7, 11) is 1.76. The molecule has 2 nitrogen and oxygen atoms in total. The Morgan fingerprint density at radius 2 is 1.69 bits per heavy atom. The van der Waals surface area contributed by atoms with E-state index in [1.165, 1.54) is 12.8 Å². The van der Waals surface area contributed by atoms with Gasteiger partial charge in [-0.2, -0.15) is 0 Å². The van der Waals surface area contributed by atoms with Crippen molar-refractivity contribution in [3.05, 3.63) is 0 Å². The predicted octanol–water partition coefficient (Wildman–Crippen LogP) is 2.44. The van der Waals surface area contributed by atoms with E-state index in [4.69, 9.17) is 4.74 Å². The Hall–Kier alpha value is -0.0800. The van der Waals surface area contributed by atoms with Crippen LogP contribution < -0.4 is 5.32 Å². The Kier molecular flexibility index (Phi) is 7.29. The van der Waals surface area contributed by atoms with Crippen molar-refractivity contribution in [1.29, 1.82) is 0 Å². The van der Waals surface area contributed by atoms with Crippen LogP contribution in [0.1, 0.15) is 40.5 Å². The monoisotopic (exact) mass is 187 g/mol. The number of methoxy groups -OCH3 is 1. The van der Waals surface area contributed by atoms with Gasteiger partial charge in [0.25, 0.3) is 0 Å². The molecule has 1 N–H and O–H groups in total. The molecule has 0 bridgehead atoms. The van der Waals surface area contributed by atoms with Crippen LogP contribution >= 0.6 is 0 Å². The molecule has 0 fully saturated rings. The first-order valence-corrected chi connectivity index (χ1v) is 5.41. The molecular weight excluding hydrogens is 162 g/mol. The molecule has 0 rings (SSSR count). The third-order valence-electron chi connectivity index (χ3n) is 2.96. The molecule has 0 aromatic rings. The fraction of sp³-hybridized carbons (Fsp3) is 1.00. The van der Waals surface area contributed by atoms with Crippen molar-refractivity contribution in [2.75, 3.05) is 13.7 Å². The van der Waals surface area contributed by atoms with Gasteiger partial charge in [0.05, 0.1) is 6.10 Å². The highest BCUT2D eigenvalue weighted by atomic mass is 16.5. The van der Waals surface area contributed by atoms with Gasteiger partial charge in [0.1, 0.15) is 0 Å². The van der Waals surface area contributed by atoms with E-state index in [9.17, 15) is 0 Å². The van der Waals surface area contributed by atoms with Crippen LogP contribution in [0.25, 0.3) is 0 Å². The second-order valence-electron chi connectivity index (χ2n) is 3.82. The lowest BCUT2D eigenvalue weighted by Gasteiger charge is -2.22. The molecule has 0 aromatic carbocycles. The zero-order chi connectivity index (χ0) is 10.3. The SMILES string of the molecule is CCC(CC)CNC(C)C(C)OC. The molecular formula is C11H25NO. The molecule has 0 amide bonds. The smallest absolute Gasteiger partial charge is 0.0693 e. The summed E-state index contributed by atoms with van der Waals surface area (Å²) in [4.78, 5) is 0. The molecule has 0 radical (unpaired) electrons. The normalized spacial score (nSPS) is 16.2. The van der Waals surface area contributed by atoms with Gasteiger partial charge in [0, 0.05) is 13.2 Å². The first kappa shape index (κ1) is 12.9. The van der Waals surface area contributed by atoms with Crippen molar-refractivity contribution in [3.63, 3.8) is 0 Å². The van der Waals surface area contributed by atoms with Crippen LogP contribution in [0.3, 0.4) is 0 Å². The van der Waals surface area contributed by atoms with E-state index in [-0.39, 0.29) is 0 Å². The van der Waals surface area contributed by atoms with E-state index < -0.39 is 0 Å². The third kappa shape index (κ3) is 5.27. The average molecular weight is 187 g/mol. The number of hydrogen-bond acceptors (Lipinski definition) is 2. The highest BCUT2D eigenvalue weighted by molar-refractivity contribution is 4.70. The largest absolute Gasteiger partial charge is 0.380 e. The van der Waals surface area contributed by atoms with Crippen molar-refractivity contribution in [2.24, 2.45) is 5.92 Å². The Morgan fingerprint density at radius 1 is 1.15 bits per heavy atom. The molecule has 0 spiro atoms. The van der Waals surface area contributed by atoms with Crippen molar-refractivity contribution < 1.29 is 4.74 Å². The highest BCUT2D eigenvalue weighted by Crippen LogP contribution is 2.06. The van der Waals surface area contributed by atoms with Gasteiger partial charge in [-0.15, -0.1) is 0 Å². The lowest BCUT2D eigenvalue weighted by atomic mass is 10.0. The zero-order valence-corrected chi connectivity index (χ0v) is 9.76. The number of nitrogens with one attached hydrogen (secondary N) is 1. The molecule has 0 aliphatic carbocycles. The molecule has 0 saturated carbocycles. The third-order valence-corrected chi connectivity index (χ3v) is 2.96. The van der Waals surface area contributed by atoms with E-state index in [2.05, 4.69) is 33.0 Å². The maximum Gasteiger partial charge on any atom is 0.0693 e. The number of rotatable bonds is 7. The lowest BCUT2D eigenvalue weighted by molar-refractivity contribution is 0.0870. The van der Waals surface area contributed by atoms with Crippen molar-refractivity contribution >= 4 is 0 Å². The van der Waals surface area contributed by atoms with Crippen molar-refractivity contribution in [3.8, 4) is 0 Å². The summed E-state index contributed by atoms with van der Waals surface area (Å²) in [5.41, 5.74) is 0. The molecule has 0 aliphatic rings. The summed E-state index contributed by atoms with van der Waals surface area (Å²) in [6.07, 6.45) is 2.82. The van der Waals surface area contributed by atoms with Gasteiger partial charge in [0.15, 0.2) is 0 Å². The fourth-order valence-corrected chi connectivity index (χ4v) is 1.30. The standard InChI is InChI=1S/C11H25NO/c1-6-11(7-2)8-12-9(3)10(4)13-5/h9-12H,6-8H2,1-5H3. The molecule has 2 atom stereocenters. The van der Waals surface area contributed by atoms with Crippen LogP contribution in [0, 0.1) is 5.92 Å². The Morgan fingerprint density at radius 3 is 2.08 bits per heavy atom. The van der Waals surface area contributed by atoms with Crippen molar-refractivity contribution in [2.45, 2.75) is 52.7 Å². The van der Waals surface area contributed by atoms with E-state index in [0.29, 0.717) is 12.1 Å². The topological polar surface area (TPSA) is 21.3 Å². The molecule has 0 saturated heterocycles. The quantitative estimate of drug-likeness (QED) is 0.661. The molecule has 2 heteroatoms. The summed E-state index contributed by atoms with van der Waals surface area (Å²) in [6.45, 7) is 9.89. The molecule has 2 unspecified atom stereocenters. The molecule has 13 heavy (non-hydrogen) atoms. The minimum absolute atomic E-state index is 0.300. The molecule has 0 heterocycles. The minimum atomic E-state index is 0.300. The van der Waals surface area contributed by atoms with E-state index >= 15 is 0 Å². The highest BCUT2D eigenvalue weighted by Gasteiger charge is 2.11. The summed E-state index contributed by atoms with van der Waals surface area (Å²) < 4.78 is 5.25. The number of ether oxygens (including phenoxy) is 1. The van der Waals surface area contributed by atoms with Crippen molar-refractivity contribution in [1.82, 2.24) is 5.32 Å². The van der Waals surface area contributed by atoms with Crippen LogP contribution in [-0.4, -0.2) is 25.8 Å². The fourth-order valence-electron chi connectivity index (χ4n) is 1.30. The summed E-state index contributed by atoms with van der Waals surface area (Å²) in [6, 6.07) is 0.450. The first-order chi connectivity index (χ1) is 6.15. The van der Waals surface area contributed by atoms with Gasteiger partial charge in [-0.25, -0.2) is 0 Å². The molecule has 0 aliphatic heterocycles. The zero-order valence-electron chi connectivity index (χ0n) is 9.76. The van der Waals surface area contributed by atoms with Gasteiger partial charge in [-0.1, -0.05) is 26.7 Å². The molecule has 0 aromatic heterocycles. The Balaban J connectivity index is 3.61. The summed E-state index contributed by atoms with van der Waals surface area (Å²) in [5.74, 6) is 0.812. The number of hydrogen-bond donors (Lipinski definition) is 1. The van der Waals surface area contributed by atoms with E-state index in [1.807, 2.05) is 0 Å². The van der Waals surface area contributed by atoms with Gasteiger partial charge in [-0.05, 0) is 26.3 Å². The minimum Gasteiger partial charge on any atom is -0.380 e. The van der Waals surface area contributed by atoms with E-state index in [0.717, 1.165) is 12.5 Å². The van der Waals surface area contributed by atoms with Gasteiger partial charge >= 0.3 is 0 Å². The Bertz CT molecular complexity index is 113. The molecule has 80 valence electrons. The maximum atomic E-state index is 5.25. The van der Waals surface area contributed by atoms with Crippen LogP contribution in [0.2, 0.25) is 0 Å². The van der Waals surface area contributed by atoms with Crippen LogP contribution in [0.4, 0.5) is 0 Å². The predicted molar refractivity (Wildman–Crippen MR) is 58.0 cm³/mol. The van der Waals surface area contributed by atoms with Crippen LogP contribution in [0.5, 0.6) is 0 Å². The summed E-state index contributed by atoms with van der Waals surface area (Å²) in [5, 5.41) is 3.51. The Labute approximate surface area is 83.1 Å². The van der Waals surface area contributed by atoms with Gasteiger partial charge in [-0.3, -0.25) is 0 Å². The average Bonchev–Trinajstić information content (AvgIpc) is 2.17. The van der Waals surface area contributed by atoms with Gasteiger partial charge in [0.2, 0.25) is 0 Å². The first-order valence-electron chi connectivity index (χ1n) is 5.41. The maximum absolute atomic E-state index is 5.25. The van der Waals surface area contributed by atoms with E-state index in [1.54, 1.807) is 7.11 Å². The van der Waals surface area contributed by atoms with Gasteiger partial charge < -0.3 is 10.1 Å². The van der Waals surface area contributed by atoms with Crippen LogP contribution in [0.15, 0.2) is 0 Å². The second kappa shape index (κ2) is 7.34. The van der Waals surface area contributed by atoms with Crippen LogP contribution in [-0.2, 0) is 4.74 Å². The summed E-state index contributed by atoms with van der Waals surface area (Å²) >= 11 is 0. The lowest BCUT2D eigenvalue weighted by Crippen LogP contribution is -2.39.